The molecule has 0 bridgehead atoms. The first kappa shape index (κ1) is 20.1. The third kappa shape index (κ3) is 4.25. The van der Waals surface area contributed by atoms with Gasteiger partial charge in [0.1, 0.15) is 5.00 Å². The van der Waals surface area contributed by atoms with Gasteiger partial charge in [-0.1, -0.05) is 37.5 Å². The lowest BCUT2D eigenvalue weighted by atomic mass is 9.92. The zero-order chi connectivity index (χ0) is 20.2. The predicted molar refractivity (Wildman–Crippen MR) is 119 cm³/mol. The van der Waals surface area contributed by atoms with E-state index in [-0.39, 0.29) is 11.8 Å². The smallest absolute Gasteiger partial charge is 0.257 e. The van der Waals surface area contributed by atoms with Crippen molar-refractivity contribution in [2.45, 2.75) is 70.8 Å². The van der Waals surface area contributed by atoms with Crippen molar-refractivity contribution in [3.8, 4) is 0 Å². The zero-order valence-electron chi connectivity index (χ0n) is 17.2. The van der Waals surface area contributed by atoms with Crippen molar-refractivity contribution >= 4 is 28.2 Å². The molecule has 2 aromatic rings. The number of hydrogen-bond donors (Lipinski definition) is 1. The van der Waals surface area contributed by atoms with Crippen molar-refractivity contribution in [1.82, 2.24) is 4.90 Å². The molecule has 1 saturated carbocycles. The molecular formula is C24H30N2O2S. The quantitative estimate of drug-likeness (QED) is 0.690. The molecule has 2 amide bonds. The van der Waals surface area contributed by atoms with E-state index < -0.39 is 0 Å². The van der Waals surface area contributed by atoms with E-state index in [1.165, 1.54) is 29.7 Å². The highest BCUT2D eigenvalue weighted by Crippen LogP contribution is 2.40. The van der Waals surface area contributed by atoms with Crippen LogP contribution >= 0.6 is 11.3 Å². The monoisotopic (exact) mass is 410 g/mol. The number of nitrogens with zero attached hydrogens (tertiary/aromatic N) is 1. The van der Waals surface area contributed by atoms with Gasteiger partial charge in [-0.05, 0) is 63.1 Å². The lowest BCUT2D eigenvalue weighted by molar-refractivity contribution is 0.0648. The molecule has 0 atom stereocenters. The minimum Gasteiger partial charge on any atom is -0.336 e. The van der Waals surface area contributed by atoms with Crippen molar-refractivity contribution in [2.24, 2.45) is 0 Å². The van der Waals surface area contributed by atoms with E-state index in [2.05, 4.69) is 17.1 Å². The van der Waals surface area contributed by atoms with Crippen molar-refractivity contribution in [1.29, 1.82) is 0 Å². The molecule has 1 fully saturated rings. The number of aryl methyl sites for hydroxylation is 1. The van der Waals surface area contributed by atoms with Crippen LogP contribution in [-0.4, -0.2) is 29.3 Å². The molecule has 2 aliphatic rings. The van der Waals surface area contributed by atoms with E-state index in [0.717, 1.165) is 55.6 Å². The Labute approximate surface area is 177 Å². The Balaban J connectivity index is 1.66. The Kier molecular flexibility index (Phi) is 6.34. The maximum atomic E-state index is 13.7. The predicted octanol–water partition coefficient (Wildman–Crippen LogP) is 5.67. The Hall–Kier alpha value is -2.14. The van der Waals surface area contributed by atoms with Gasteiger partial charge in [-0.3, -0.25) is 9.59 Å². The van der Waals surface area contributed by atoms with Gasteiger partial charge in [0.25, 0.3) is 11.8 Å². The van der Waals surface area contributed by atoms with Crippen LogP contribution in [-0.2, 0) is 12.8 Å². The van der Waals surface area contributed by atoms with E-state index in [4.69, 9.17) is 0 Å². The average molecular weight is 411 g/mol. The van der Waals surface area contributed by atoms with Crippen LogP contribution in [0.4, 0.5) is 5.00 Å². The second kappa shape index (κ2) is 9.12. The number of fused-ring (bicyclic) bond motifs is 1. The number of amides is 2. The minimum absolute atomic E-state index is 0.113. The molecule has 0 spiro atoms. The topological polar surface area (TPSA) is 49.4 Å². The molecule has 29 heavy (non-hydrogen) atoms. The van der Waals surface area contributed by atoms with E-state index in [9.17, 15) is 9.59 Å². The van der Waals surface area contributed by atoms with Gasteiger partial charge in [-0.25, -0.2) is 0 Å². The van der Waals surface area contributed by atoms with Crippen molar-refractivity contribution < 1.29 is 9.59 Å². The summed E-state index contributed by atoms with van der Waals surface area (Å²) in [6, 6.07) is 9.58. The van der Waals surface area contributed by atoms with E-state index >= 15 is 0 Å². The van der Waals surface area contributed by atoms with E-state index in [0.29, 0.717) is 11.6 Å². The second-order valence-electron chi connectivity index (χ2n) is 8.12. The van der Waals surface area contributed by atoms with Gasteiger partial charge in [0.05, 0.1) is 5.56 Å². The first-order valence-electron chi connectivity index (χ1n) is 11.0. The minimum atomic E-state index is -0.140. The van der Waals surface area contributed by atoms with Crippen LogP contribution in [0.1, 0.15) is 83.0 Å². The number of benzene rings is 1. The molecule has 4 rings (SSSR count). The van der Waals surface area contributed by atoms with Crippen LogP contribution < -0.4 is 5.32 Å². The summed E-state index contributed by atoms with van der Waals surface area (Å²) in [4.78, 5) is 29.9. The summed E-state index contributed by atoms with van der Waals surface area (Å²) < 4.78 is 0. The summed E-state index contributed by atoms with van der Waals surface area (Å²) >= 11 is 1.61. The molecule has 1 aromatic heterocycles. The first-order chi connectivity index (χ1) is 14.2. The molecule has 1 N–H and O–H groups in total. The number of anilines is 1. The Morgan fingerprint density at radius 1 is 1.03 bits per heavy atom. The van der Waals surface area contributed by atoms with Crippen molar-refractivity contribution in [3.63, 3.8) is 0 Å². The highest BCUT2D eigenvalue weighted by atomic mass is 32.1. The first-order valence-corrected chi connectivity index (χ1v) is 11.8. The van der Waals surface area contributed by atoms with Gasteiger partial charge in [0.2, 0.25) is 0 Å². The Morgan fingerprint density at radius 2 is 1.76 bits per heavy atom. The fourth-order valence-corrected chi connectivity index (χ4v) is 6.03. The van der Waals surface area contributed by atoms with Gasteiger partial charge >= 0.3 is 0 Å². The fraction of sp³-hybridized carbons (Fsp3) is 0.500. The van der Waals surface area contributed by atoms with Crippen LogP contribution in [0.15, 0.2) is 30.3 Å². The molecule has 0 saturated heterocycles. The zero-order valence-corrected chi connectivity index (χ0v) is 18.0. The molecule has 1 heterocycles. The molecule has 5 heteroatoms. The van der Waals surface area contributed by atoms with E-state index in [1.54, 1.807) is 11.3 Å². The third-order valence-electron chi connectivity index (χ3n) is 6.27. The molecule has 1 aromatic carbocycles. The van der Waals surface area contributed by atoms with E-state index in [1.807, 2.05) is 30.3 Å². The number of nitrogens with one attached hydrogen (secondary N) is 1. The maximum Gasteiger partial charge on any atom is 0.257 e. The fourth-order valence-electron chi connectivity index (χ4n) is 4.75. The standard InChI is InChI=1S/C24H30N2O2S/c1-2-26(18-13-7-4-8-14-18)24(28)21-19-15-9-10-16-20(19)29-23(21)25-22(27)17-11-5-3-6-12-17/h3,5-6,11-12,18H,2,4,7-10,13-16H2,1H3,(H,25,27). The van der Waals surface area contributed by atoms with Crippen molar-refractivity contribution in [2.75, 3.05) is 11.9 Å². The summed E-state index contributed by atoms with van der Waals surface area (Å²) in [5.74, 6) is -0.0267. The van der Waals surface area contributed by atoms with Gasteiger partial charge in [0.15, 0.2) is 0 Å². The molecule has 154 valence electrons. The summed E-state index contributed by atoms with van der Waals surface area (Å²) in [7, 11) is 0. The number of hydrogen-bond acceptors (Lipinski definition) is 3. The highest BCUT2D eigenvalue weighted by molar-refractivity contribution is 7.17. The summed E-state index contributed by atoms with van der Waals surface area (Å²) in [5, 5.41) is 3.82. The second-order valence-corrected chi connectivity index (χ2v) is 9.22. The molecule has 4 nitrogen and oxygen atoms in total. The summed E-state index contributed by atoms with van der Waals surface area (Å²) in [5.41, 5.74) is 2.57. The van der Waals surface area contributed by atoms with Gasteiger partial charge in [-0.15, -0.1) is 11.3 Å². The molecular weight excluding hydrogens is 380 g/mol. The summed E-state index contributed by atoms with van der Waals surface area (Å²) in [6.45, 7) is 2.80. The number of carbonyl (C=O) groups excluding carboxylic acids is 2. The lowest BCUT2D eigenvalue weighted by Crippen LogP contribution is -2.41. The average Bonchev–Trinajstić information content (AvgIpc) is 3.13. The lowest BCUT2D eigenvalue weighted by Gasteiger charge is -2.34. The maximum absolute atomic E-state index is 13.7. The Bertz CT molecular complexity index is 869. The summed E-state index contributed by atoms with van der Waals surface area (Å²) in [6.07, 6.45) is 10.1. The molecule has 2 aliphatic carbocycles. The molecule has 0 aliphatic heterocycles. The van der Waals surface area contributed by atoms with Gasteiger partial charge in [0, 0.05) is 23.0 Å². The van der Waals surface area contributed by atoms with Crippen LogP contribution in [0, 0.1) is 0 Å². The van der Waals surface area contributed by atoms with Gasteiger partial charge < -0.3 is 10.2 Å². The SMILES string of the molecule is CCN(C(=O)c1c(NC(=O)c2ccccc2)sc2c1CCCC2)C1CCCCC1. The van der Waals surface area contributed by atoms with Gasteiger partial charge in [-0.2, -0.15) is 0 Å². The number of rotatable bonds is 5. The number of thiophene rings is 1. The molecule has 0 unspecified atom stereocenters. The largest absolute Gasteiger partial charge is 0.336 e. The Morgan fingerprint density at radius 3 is 2.48 bits per heavy atom. The highest BCUT2D eigenvalue weighted by Gasteiger charge is 2.32. The van der Waals surface area contributed by atoms with Crippen LogP contribution in [0.2, 0.25) is 0 Å². The van der Waals surface area contributed by atoms with Crippen LogP contribution in [0.5, 0.6) is 0 Å². The van der Waals surface area contributed by atoms with Crippen LogP contribution in [0.3, 0.4) is 0 Å². The van der Waals surface area contributed by atoms with Crippen LogP contribution in [0.25, 0.3) is 0 Å². The third-order valence-corrected chi connectivity index (χ3v) is 7.47. The normalized spacial score (nSPS) is 16.9. The van der Waals surface area contributed by atoms with Crippen molar-refractivity contribution in [3.05, 3.63) is 51.9 Å². The molecule has 0 radical (unpaired) electrons. The number of carbonyl (C=O) groups is 2.